The second-order valence-corrected chi connectivity index (χ2v) is 12.0. The molecule has 1 N–H and O–H groups in total. The molecule has 0 amide bonds. The minimum atomic E-state index is 0.0365. The minimum absolute atomic E-state index is 0.0365. The van der Waals surface area contributed by atoms with E-state index >= 15 is 0 Å². The molecule has 39 heavy (non-hydrogen) atoms. The molecule has 3 aliphatic carbocycles. The van der Waals surface area contributed by atoms with Gasteiger partial charge in [0.2, 0.25) is 5.69 Å². The van der Waals surface area contributed by atoms with Crippen LogP contribution in [-0.2, 0) is 5.41 Å². The maximum atomic E-state index is 8.56. The van der Waals surface area contributed by atoms with E-state index in [1.165, 1.54) is 49.7 Å². The van der Waals surface area contributed by atoms with Crippen molar-refractivity contribution in [2.45, 2.75) is 38.0 Å². The molecule has 2 bridgehead atoms. The highest BCUT2D eigenvalue weighted by Crippen LogP contribution is 2.62. The van der Waals surface area contributed by atoms with E-state index in [0.717, 1.165) is 27.8 Å². The predicted molar refractivity (Wildman–Crippen MR) is 161 cm³/mol. The molecule has 0 saturated carbocycles. The van der Waals surface area contributed by atoms with Crippen molar-refractivity contribution < 1.29 is 0 Å². The summed E-state index contributed by atoms with van der Waals surface area (Å²) in [6.45, 7) is 15.4. The molecule has 9 rings (SSSR count). The summed E-state index contributed by atoms with van der Waals surface area (Å²) in [6, 6.07) is 35.1. The first kappa shape index (κ1) is 22.4. The highest BCUT2D eigenvalue weighted by atomic mass is 14.7. The second-order valence-electron chi connectivity index (χ2n) is 12.0. The lowest BCUT2D eigenvalue weighted by Gasteiger charge is -2.43. The van der Waals surface area contributed by atoms with Gasteiger partial charge in [-0.05, 0) is 62.1 Å². The molecular weight excluding hydrogens is 472 g/mol. The molecule has 0 unspecified atom stereocenters. The smallest absolute Gasteiger partial charge is 0.201 e. The Bertz CT molecular complexity index is 1960. The first-order chi connectivity index (χ1) is 19.0. The molecule has 0 radical (unpaired) electrons. The third kappa shape index (κ3) is 2.91. The molecule has 5 aromatic carbocycles. The topological polar surface area (TPSA) is 20.1 Å². The van der Waals surface area contributed by atoms with E-state index in [1.807, 2.05) is 6.07 Å². The van der Waals surface area contributed by atoms with Crippen LogP contribution in [0.2, 0.25) is 0 Å². The van der Waals surface area contributed by atoms with Gasteiger partial charge < -0.3 is 4.98 Å². The highest BCUT2D eigenvalue weighted by Gasteiger charge is 2.44. The van der Waals surface area contributed by atoms with Gasteiger partial charge in [0.15, 0.2) is 0 Å². The van der Waals surface area contributed by atoms with Gasteiger partial charge in [0.05, 0.1) is 6.57 Å². The number of H-pyrrole nitrogens is 1. The first-order valence-corrected chi connectivity index (χ1v) is 13.7. The average Bonchev–Trinajstić information content (AvgIpc) is 3.34. The van der Waals surface area contributed by atoms with Crippen molar-refractivity contribution in [1.82, 2.24) is 4.98 Å². The number of aromatic nitrogens is 1. The third-order valence-corrected chi connectivity index (χ3v) is 8.95. The zero-order valence-electron chi connectivity index (χ0n) is 22.3. The van der Waals surface area contributed by atoms with Crippen molar-refractivity contribution in [2.75, 3.05) is 0 Å². The summed E-state index contributed by atoms with van der Waals surface area (Å²) in [4.78, 5) is 8.14. The van der Waals surface area contributed by atoms with Crippen LogP contribution in [0.4, 0.5) is 5.69 Å². The molecule has 0 spiro atoms. The van der Waals surface area contributed by atoms with Crippen LogP contribution in [0.5, 0.6) is 0 Å². The lowest BCUT2D eigenvalue weighted by molar-refractivity contribution is 0.591. The number of hydrogen-bond acceptors (Lipinski definition) is 0. The summed E-state index contributed by atoms with van der Waals surface area (Å²) in [5.41, 5.74) is 14.4. The quantitative estimate of drug-likeness (QED) is 0.216. The molecule has 2 heteroatoms. The van der Waals surface area contributed by atoms with E-state index in [-0.39, 0.29) is 17.3 Å². The van der Waals surface area contributed by atoms with Gasteiger partial charge in [-0.25, -0.2) is 4.85 Å². The van der Waals surface area contributed by atoms with Crippen LogP contribution in [0.3, 0.4) is 0 Å². The summed E-state index contributed by atoms with van der Waals surface area (Å²) < 4.78 is 0. The van der Waals surface area contributed by atoms with Gasteiger partial charge in [-0.3, -0.25) is 0 Å². The van der Waals surface area contributed by atoms with E-state index in [1.54, 1.807) is 0 Å². The molecule has 6 aromatic rings. The van der Waals surface area contributed by atoms with E-state index < -0.39 is 0 Å². The molecule has 0 aliphatic heterocycles. The molecule has 0 fully saturated rings. The zero-order valence-corrected chi connectivity index (χ0v) is 22.3. The Morgan fingerprint density at radius 1 is 0.692 bits per heavy atom. The number of fused-ring (bicyclic) bond motifs is 3. The Morgan fingerprint density at radius 3 is 1.82 bits per heavy atom. The maximum Gasteiger partial charge on any atom is 0.201 e. The van der Waals surface area contributed by atoms with Crippen LogP contribution in [0, 0.1) is 6.57 Å². The normalized spacial score (nSPS) is 17.1. The molecular formula is C37H28N2. The number of nitrogens with one attached hydrogen (secondary N) is 1. The van der Waals surface area contributed by atoms with Gasteiger partial charge in [0.25, 0.3) is 0 Å². The molecule has 1 heterocycles. The van der Waals surface area contributed by atoms with Crippen molar-refractivity contribution >= 4 is 27.5 Å². The van der Waals surface area contributed by atoms with E-state index in [9.17, 15) is 0 Å². The Balaban J connectivity index is 1.62. The van der Waals surface area contributed by atoms with Crippen LogP contribution in [0.25, 0.3) is 37.8 Å². The number of aromatic amines is 1. The predicted octanol–water partition coefficient (Wildman–Crippen LogP) is 9.82. The highest BCUT2D eigenvalue weighted by molar-refractivity contribution is 6.18. The van der Waals surface area contributed by atoms with Gasteiger partial charge in [0, 0.05) is 39.2 Å². The van der Waals surface area contributed by atoms with Gasteiger partial charge >= 0.3 is 0 Å². The van der Waals surface area contributed by atoms with Crippen LogP contribution in [-0.4, -0.2) is 4.98 Å². The van der Waals surface area contributed by atoms with Gasteiger partial charge in [0.1, 0.15) is 0 Å². The van der Waals surface area contributed by atoms with E-state index in [4.69, 9.17) is 6.57 Å². The van der Waals surface area contributed by atoms with Gasteiger partial charge in [-0.1, -0.05) is 106 Å². The fourth-order valence-corrected chi connectivity index (χ4v) is 7.27. The Labute approximate surface area is 228 Å². The van der Waals surface area contributed by atoms with Crippen LogP contribution in [0.1, 0.15) is 71.6 Å². The van der Waals surface area contributed by atoms with E-state index in [0.29, 0.717) is 0 Å². The molecule has 0 saturated heterocycles. The van der Waals surface area contributed by atoms with Crippen molar-refractivity contribution in [3.8, 4) is 11.1 Å². The van der Waals surface area contributed by atoms with Crippen molar-refractivity contribution in [1.29, 1.82) is 0 Å². The Kier molecular flexibility index (Phi) is 4.43. The summed E-state index contributed by atoms with van der Waals surface area (Å²) in [5, 5.41) is 2.53. The maximum absolute atomic E-state index is 8.56. The SMILES string of the molecule is [C-]#[N+]c1c2c(c3c([nH]c4ccc(C(C)(C)C)cc43)c1-c1ccccc1)C1c3ccccc3C2c2ccccc21. The van der Waals surface area contributed by atoms with Crippen molar-refractivity contribution in [3.63, 3.8) is 0 Å². The van der Waals surface area contributed by atoms with Gasteiger partial charge in [-0.2, -0.15) is 0 Å². The average molecular weight is 501 g/mol. The van der Waals surface area contributed by atoms with Crippen LogP contribution >= 0.6 is 0 Å². The first-order valence-electron chi connectivity index (χ1n) is 13.7. The lowest BCUT2D eigenvalue weighted by atomic mass is 9.59. The minimum Gasteiger partial charge on any atom is -0.355 e. The van der Waals surface area contributed by atoms with Crippen molar-refractivity contribution in [3.05, 3.63) is 147 Å². The molecule has 0 atom stereocenters. The molecule has 1 aromatic heterocycles. The van der Waals surface area contributed by atoms with Gasteiger partial charge in [-0.15, -0.1) is 0 Å². The Hall–Kier alpha value is -4.61. The molecule has 2 nitrogen and oxygen atoms in total. The summed E-state index contributed by atoms with van der Waals surface area (Å²) >= 11 is 0. The molecule has 3 aliphatic rings. The number of benzene rings is 5. The number of nitrogens with zero attached hydrogens (tertiary/aromatic N) is 1. The number of hydrogen-bond donors (Lipinski definition) is 1. The van der Waals surface area contributed by atoms with E-state index in [2.05, 4.69) is 122 Å². The van der Waals surface area contributed by atoms with Crippen molar-refractivity contribution in [2.24, 2.45) is 0 Å². The van der Waals surface area contributed by atoms with Crippen LogP contribution < -0.4 is 0 Å². The monoisotopic (exact) mass is 500 g/mol. The lowest BCUT2D eigenvalue weighted by Crippen LogP contribution is -2.28. The standard InChI is InChI=1S/C37H28N2/c1-37(2,3)22-18-19-28-27(20-22)32-33-30-23-14-8-10-16-25(23)31(26-17-11-9-15-24(26)30)34(33)35(38-4)29(36(32)39-28)21-12-6-5-7-13-21/h5-20,30-31,39H,1-3H3. The fourth-order valence-electron chi connectivity index (χ4n) is 7.27. The molecule has 186 valence electrons. The zero-order chi connectivity index (χ0) is 26.5. The summed E-state index contributed by atoms with van der Waals surface area (Å²) in [5.74, 6) is 0.145. The Morgan fingerprint density at radius 2 is 1.26 bits per heavy atom. The number of rotatable bonds is 1. The third-order valence-electron chi connectivity index (χ3n) is 8.95. The summed E-state index contributed by atoms with van der Waals surface area (Å²) in [7, 11) is 0. The van der Waals surface area contributed by atoms with Crippen LogP contribution in [0.15, 0.2) is 97.1 Å². The summed E-state index contributed by atoms with van der Waals surface area (Å²) in [6.07, 6.45) is 0. The second kappa shape index (κ2) is 7.71. The largest absolute Gasteiger partial charge is 0.355 e. The fraction of sp³-hybridized carbons (Fsp3) is 0.162.